The lowest BCUT2D eigenvalue weighted by molar-refractivity contribution is -0.144. The first-order chi connectivity index (χ1) is 14.7. The Morgan fingerprint density at radius 3 is 2.67 bits per heavy atom. The molecule has 8 heteroatoms. The van der Waals surface area contributed by atoms with Crippen LogP contribution in [0.25, 0.3) is 21.3 Å². The van der Waals surface area contributed by atoms with Gasteiger partial charge in [-0.15, -0.1) is 11.3 Å². The Kier molecular flexibility index (Phi) is 6.36. The van der Waals surface area contributed by atoms with Gasteiger partial charge in [0, 0.05) is 16.6 Å². The summed E-state index contributed by atoms with van der Waals surface area (Å²) in [6, 6.07) is 19.2. The fraction of sp³-hybridized carbons (Fsp3) is 0.0909. The van der Waals surface area contributed by atoms with Gasteiger partial charge < -0.3 is 10.1 Å². The number of rotatable bonds is 7. The second-order valence-corrected chi connectivity index (χ2v) is 8.09. The summed E-state index contributed by atoms with van der Waals surface area (Å²) in [6.45, 7) is -0.347. The number of benzene rings is 2. The molecule has 2 heterocycles. The zero-order chi connectivity index (χ0) is 20.8. The first-order valence-corrected chi connectivity index (χ1v) is 11.0. The summed E-state index contributed by atoms with van der Waals surface area (Å²) in [5.41, 5.74) is 2.56. The maximum atomic E-state index is 12.3. The van der Waals surface area contributed by atoms with Crippen LogP contribution in [0.3, 0.4) is 0 Å². The van der Waals surface area contributed by atoms with E-state index in [0.717, 1.165) is 26.4 Å². The van der Waals surface area contributed by atoms with Gasteiger partial charge in [-0.1, -0.05) is 60.3 Å². The van der Waals surface area contributed by atoms with Crippen LogP contribution in [0.1, 0.15) is 0 Å². The average Bonchev–Trinajstić information content (AvgIpc) is 3.27. The molecule has 1 amide bonds. The molecular formula is C22H17N3O3S2. The summed E-state index contributed by atoms with van der Waals surface area (Å²) in [5.74, 6) is -0.803. The fourth-order valence-corrected chi connectivity index (χ4v) is 4.42. The number of nitrogens with zero attached hydrogens (tertiary/aromatic N) is 2. The lowest BCUT2D eigenvalue weighted by atomic mass is 10.0. The van der Waals surface area contributed by atoms with Crippen molar-refractivity contribution in [1.29, 1.82) is 0 Å². The minimum absolute atomic E-state index is 0.0653. The van der Waals surface area contributed by atoms with E-state index >= 15 is 0 Å². The van der Waals surface area contributed by atoms with Crippen molar-refractivity contribution in [2.75, 3.05) is 17.7 Å². The molecule has 0 radical (unpaired) electrons. The van der Waals surface area contributed by atoms with Crippen molar-refractivity contribution in [3.05, 3.63) is 72.4 Å². The van der Waals surface area contributed by atoms with Crippen LogP contribution in [0.15, 0.2) is 77.4 Å². The number of ether oxygens (including phenoxy) is 1. The van der Waals surface area contributed by atoms with Crippen LogP contribution in [0.4, 0.5) is 5.69 Å². The average molecular weight is 436 g/mol. The highest BCUT2D eigenvalue weighted by Gasteiger charge is 2.13. The zero-order valence-corrected chi connectivity index (χ0v) is 17.4. The van der Waals surface area contributed by atoms with Gasteiger partial charge in [0.25, 0.3) is 5.91 Å². The first-order valence-electron chi connectivity index (χ1n) is 9.11. The molecule has 0 fully saturated rings. The maximum absolute atomic E-state index is 12.3. The quantitative estimate of drug-likeness (QED) is 0.259. The van der Waals surface area contributed by atoms with E-state index in [1.165, 1.54) is 29.4 Å². The monoisotopic (exact) mass is 435 g/mol. The Bertz CT molecular complexity index is 1180. The zero-order valence-electron chi connectivity index (χ0n) is 15.8. The number of thiophene rings is 1. The number of para-hydroxylation sites is 1. The first kappa shape index (κ1) is 20.1. The number of hydrogen-bond donors (Lipinski definition) is 1. The highest BCUT2D eigenvalue weighted by Crippen LogP contribution is 2.28. The Morgan fingerprint density at radius 2 is 1.80 bits per heavy atom. The van der Waals surface area contributed by atoms with E-state index in [0.29, 0.717) is 5.69 Å². The number of thioether (sulfide) groups is 1. The molecule has 0 atom stereocenters. The van der Waals surface area contributed by atoms with Crippen LogP contribution in [-0.2, 0) is 14.3 Å². The standard InChI is InChI=1S/C22H17N3O3S2/c26-19(25-18-9-5-4-8-16(18)15-6-2-1-3-7-15)12-28-20(27)13-30-22-17-10-11-29-21(17)23-14-24-22/h1-11,14H,12-13H2,(H,25,26). The largest absolute Gasteiger partial charge is 0.455 e. The lowest BCUT2D eigenvalue weighted by Crippen LogP contribution is -2.22. The third kappa shape index (κ3) is 4.84. The Hall–Kier alpha value is -3.23. The van der Waals surface area contributed by atoms with Crippen LogP contribution in [-0.4, -0.2) is 34.2 Å². The van der Waals surface area contributed by atoms with E-state index in [1.807, 2.05) is 66.0 Å². The van der Waals surface area contributed by atoms with Crippen molar-refractivity contribution >= 4 is 50.9 Å². The van der Waals surface area contributed by atoms with Crippen LogP contribution in [0.2, 0.25) is 0 Å². The van der Waals surface area contributed by atoms with Crippen molar-refractivity contribution < 1.29 is 14.3 Å². The van der Waals surface area contributed by atoms with Crippen molar-refractivity contribution in [2.24, 2.45) is 0 Å². The third-order valence-electron chi connectivity index (χ3n) is 4.20. The molecule has 0 spiro atoms. The number of esters is 1. The number of carbonyl (C=O) groups excluding carboxylic acids is 2. The smallest absolute Gasteiger partial charge is 0.316 e. The molecule has 30 heavy (non-hydrogen) atoms. The van der Waals surface area contributed by atoms with Crippen LogP contribution in [0.5, 0.6) is 0 Å². The molecule has 4 aromatic rings. The molecule has 0 aliphatic heterocycles. The second kappa shape index (κ2) is 9.51. The number of anilines is 1. The summed E-state index contributed by atoms with van der Waals surface area (Å²) in [6.07, 6.45) is 1.48. The highest BCUT2D eigenvalue weighted by atomic mass is 32.2. The number of amides is 1. The molecule has 0 aliphatic rings. The number of carbonyl (C=O) groups is 2. The number of fused-ring (bicyclic) bond motifs is 1. The lowest BCUT2D eigenvalue weighted by Gasteiger charge is -2.11. The molecular weight excluding hydrogens is 418 g/mol. The van der Waals surface area contributed by atoms with Gasteiger partial charge >= 0.3 is 5.97 Å². The molecule has 4 rings (SSSR count). The Balaban J connectivity index is 1.31. The summed E-state index contributed by atoms with van der Waals surface area (Å²) in [5, 5.41) is 6.38. The SMILES string of the molecule is O=C(COC(=O)CSc1ncnc2sccc12)Nc1ccccc1-c1ccccc1. The summed E-state index contributed by atoms with van der Waals surface area (Å²) < 4.78 is 5.12. The van der Waals surface area contributed by atoms with Gasteiger partial charge in [-0.25, -0.2) is 9.97 Å². The normalized spacial score (nSPS) is 10.7. The second-order valence-electron chi connectivity index (χ2n) is 6.23. The summed E-state index contributed by atoms with van der Waals surface area (Å²) in [7, 11) is 0. The van der Waals surface area contributed by atoms with Gasteiger partial charge in [-0.05, 0) is 23.1 Å². The number of hydrogen-bond acceptors (Lipinski definition) is 7. The molecule has 2 aromatic carbocycles. The molecule has 6 nitrogen and oxygen atoms in total. The number of nitrogens with one attached hydrogen (secondary N) is 1. The Labute approximate surface area is 181 Å². The van der Waals surface area contributed by atoms with Gasteiger partial charge in [-0.3, -0.25) is 9.59 Å². The van der Waals surface area contributed by atoms with E-state index in [-0.39, 0.29) is 18.3 Å². The molecule has 1 N–H and O–H groups in total. The van der Waals surface area contributed by atoms with Gasteiger partial charge in [0.2, 0.25) is 0 Å². The molecule has 0 unspecified atom stereocenters. The maximum Gasteiger partial charge on any atom is 0.316 e. The van der Waals surface area contributed by atoms with E-state index in [9.17, 15) is 9.59 Å². The molecule has 0 bridgehead atoms. The van der Waals surface area contributed by atoms with E-state index in [1.54, 1.807) is 0 Å². The molecule has 2 aromatic heterocycles. The van der Waals surface area contributed by atoms with Crippen LogP contribution in [0, 0.1) is 0 Å². The fourth-order valence-electron chi connectivity index (χ4n) is 2.85. The van der Waals surface area contributed by atoms with Crippen molar-refractivity contribution in [1.82, 2.24) is 9.97 Å². The predicted octanol–water partition coefficient (Wildman–Crippen LogP) is 4.63. The van der Waals surface area contributed by atoms with Gasteiger partial charge in [0.15, 0.2) is 6.61 Å². The van der Waals surface area contributed by atoms with E-state index in [4.69, 9.17) is 4.74 Å². The highest BCUT2D eigenvalue weighted by molar-refractivity contribution is 8.00. The minimum Gasteiger partial charge on any atom is -0.455 e. The summed E-state index contributed by atoms with van der Waals surface area (Å²) in [4.78, 5) is 33.6. The minimum atomic E-state index is -0.478. The molecule has 0 aliphatic carbocycles. The van der Waals surface area contributed by atoms with E-state index < -0.39 is 5.97 Å². The molecule has 150 valence electrons. The molecule has 0 saturated carbocycles. The Morgan fingerprint density at radius 1 is 1.00 bits per heavy atom. The van der Waals surface area contributed by atoms with Crippen molar-refractivity contribution in [3.63, 3.8) is 0 Å². The third-order valence-corrected chi connectivity index (χ3v) is 6.00. The topological polar surface area (TPSA) is 81.2 Å². The summed E-state index contributed by atoms with van der Waals surface area (Å²) >= 11 is 2.78. The molecule has 0 saturated heterocycles. The number of aromatic nitrogens is 2. The predicted molar refractivity (Wildman–Crippen MR) is 120 cm³/mol. The van der Waals surface area contributed by atoms with Gasteiger partial charge in [-0.2, -0.15) is 0 Å². The van der Waals surface area contributed by atoms with Crippen LogP contribution >= 0.6 is 23.1 Å². The van der Waals surface area contributed by atoms with Gasteiger partial charge in [0.05, 0.1) is 5.75 Å². The van der Waals surface area contributed by atoms with Gasteiger partial charge in [0.1, 0.15) is 16.2 Å². The van der Waals surface area contributed by atoms with E-state index in [2.05, 4.69) is 15.3 Å². The van der Waals surface area contributed by atoms with Crippen molar-refractivity contribution in [2.45, 2.75) is 5.03 Å². The van der Waals surface area contributed by atoms with Crippen LogP contribution < -0.4 is 5.32 Å². The van der Waals surface area contributed by atoms with Crippen molar-refractivity contribution in [3.8, 4) is 11.1 Å².